The first-order chi connectivity index (χ1) is 8.19. The number of hydrogen-bond acceptors (Lipinski definition) is 2. The third-order valence-electron chi connectivity index (χ3n) is 4.27. The molecule has 0 spiro atoms. The molecule has 0 saturated carbocycles. The van der Waals surface area contributed by atoms with E-state index >= 15 is 0 Å². The Labute approximate surface area is 101 Å². The molecule has 1 aromatic carbocycles. The lowest BCUT2D eigenvalue weighted by molar-refractivity contribution is 0.0134. The zero-order chi connectivity index (χ0) is 11.9. The van der Waals surface area contributed by atoms with Crippen molar-refractivity contribution in [3.8, 4) is 0 Å². The van der Waals surface area contributed by atoms with E-state index in [4.69, 9.17) is 0 Å². The number of halogens is 1. The fourth-order valence-electron chi connectivity index (χ4n) is 3.38. The van der Waals surface area contributed by atoms with Gasteiger partial charge in [-0.2, -0.15) is 0 Å². The summed E-state index contributed by atoms with van der Waals surface area (Å²) in [5.74, 6) is -0.197. The number of hydrogen-bond donors (Lipinski definition) is 1. The lowest BCUT2D eigenvalue weighted by Gasteiger charge is -2.30. The Morgan fingerprint density at radius 3 is 3.00 bits per heavy atom. The molecule has 2 saturated heterocycles. The molecule has 17 heavy (non-hydrogen) atoms. The van der Waals surface area contributed by atoms with Gasteiger partial charge in [0.15, 0.2) is 0 Å². The molecular weight excluding hydrogens is 217 g/mol. The van der Waals surface area contributed by atoms with Crippen LogP contribution in [0.5, 0.6) is 0 Å². The maximum Gasteiger partial charge on any atom is 0.126 e. The molecule has 2 heterocycles. The summed E-state index contributed by atoms with van der Waals surface area (Å²) in [6.45, 7) is 2.04. The summed E-state index contributed by atoms with van der Waals surface area (Å²) in [5, 5.41) is 10.7. The molecule has 92 valence electrons. The minimum Gasteiger partial charge on any atom is -0.388 e. The van der Waals surface area contributed by atoms with Gasteiger partial charge >= 0.3 is 0 Å². The second kappa shape index (κ2) is 4.07. The second-order valence-corrected chi connectivity index (χ2v) is 5.32. The molecule has 2 atom stereocenters. The molecular formula is C14H18FNO. The van der Waals surface area contributed by atoms with E-state index in [-0.39, 0.29) is 11.9 Å². The molecule has 0 amide bonds. The highest BCUT2D eigenvalue weighted by atomic mass is 19.1. The van der Waals surface area contributed by atoms with Gasteiger partial charge < -0.3 is 5.11 Å². The van der Waals surface area contributed by atoms with E-state index in [2.05, 4.69) is 4.90 Å². The Balaban J connectivity index is 1.83. The normalized spacial score (nSPS) is 32.9. The van der Waals surface area contributed by atoms with Gasteiger partial charge in [-0.05, 0) is 37.4 Å². The minimum absolute atomic E-state index is 0.197. The van der Waals surface area contributed by atoms with Crippen molar-refractivity contribution in [2.45, 2.75) is 37.3 Å². The maximum atomic E-state index is 13.6. The summed E-state index contributed by atoms with van der Waals surface area (Å²) in [6.07, 6.45) is 3.42. The molecule has 0 aliphatic carbocycles. The van der Waals surface area contributed by atoms with Crippen LogP contribution < -0.4 is 0 Å². The predicted octanol–water partition coefficient (Wildman–Crippen LogP) is 1.97. The first-order valence-corrected chi connectivity index (χ1v) is 6.39. The fraction of sp³-hybridized carbons (Fsp3) is 0.571. The number of nitrogens with zero attached hydrogens (tertiary/aromatic N) is 1. The third kappa shape index (κ3) is 1.87. The largest absolute Gasteiger partial charge is 0.388 e. The molecule has 2 aliphatic rings. The van der Waals surface area contributed by atoms with Crippen LogP contribution in [0.3, 0.4) is 0 Å². The average molecular weight is 235 g/mol. The van der Waals surface area contributed by atoms with Gasteiger partial charge in [0.05, 0.1) is 5.60 Å². The highest BCUT2D eigenvalue weighted by molar-refractivity contribution is 5.21. The van der Waals surface area contributed by atoms with Gasteiger partial charge in [0.1, 0.15) is 5.82 Å². The average Bonchev–Trinajstić information content (AvgIpc) is 2.88. The van der Waals surface area contributed by atoms with Gasteiger partial charge in [-0.3, -0.25) is 4.90 Å². The van der Waals surface area contributed by atoms with Crippen LogP contribution in [-0.4, -0.2) is 34.7 Å². The number of benzene rings is 1. The van der Waals surface area contributed by atoms with Gasteiger partial charge in [-0.1, -0.05) is 18.2 Å². The van der Waals surface area contributed by atoms with Crippen LogP contribution in [-0.2, 0) is 6.42 Å². The number of fused-ring (bicyclic) bond motifs is 1. The molecule has 0 bridgehead atoms. The smallest absolute Gasteiger partial charge is 0.126 e. The van der Waals surface area contributed by atoms with Crippen molar-refractivity contribution in [3.05, 3.63) is 35.6 Å². The summed E-state index contributed by atoms with van der Waals surface area (Å²) in [7, 11) is 0. The number of aliphatic hydroxyl groups is 1. The summed E-state index contributed by atoms with van der Waals surface area (Å²) >= 11 is 0. The molecule has 0 aromatic heterocycles. The molecule has 3 rings (SSSR count). The molecule has 2 nitrogen and oxygen atoms in total. The summed E-state index contributed by atoms with van der Waals surface area (Å²) in [6, 6.07) is 7.02. The minimum atomic E-state index is -0.724. The van der Waals surface area contributed by atoms with Gasteiger partial charge in [-0.15, -0.1) is 0 Å². The maximum absolute atomic E-state index is 13.6. The summed E-state index contributed by atoms with van der Waals surface area (Å²) in [4.78, 5) is 2.35. The lowest BCUT2D eigenvalue weighted by atomic mass is 9.86. The van der Waals surface area contributed by atoms with Crippen molar-refractivity contribution in [1.29, 1.82) is 0 Å². The second-order valence-electron chi connectivity index (χ2n) is 5.32. The van der Waals surface area contributed by atoms with Gasteiger partial charge in [0, 0.05) is 19.0 Å². The Bertz CT molecular complexity index is 422. The predicted molar refractivity (Wildman–Crippen MR) is 64.3 cm³/mol. The van der Waals surface area contributed by atoms with Crippen LogP contribution in [0.1, 0.15) is 24.8 Å². The quantitative estimate of drug-likeness (QED) is 0.847. The van der Waals surface area contributed by atoms with Crippen LogP contribution in [0, 0.1) is 5.82 Å². The molecule has 2 fully saturated rings. The summed E-state index contributed by atoms with van der Waals surface area (Å²) in [5.41, 5.74) is -0.0812. The van der Waals surface area contributed by atoms with E-state index in [9.17, 15) is 9.50 Å². The molecule has 2 aliphatic heterocycles. The van der Waals surface area contributed by atoms with Crippen molar-refractivity contribution in [2.75, 3.05) is 13.1 Å². The molecule has 3 heteroatoms. The Morgan fingerprint density at radius 2 is 2.18 bits per heavy atom. The van der Waals surface area contributed by atoms with Gasteiger partial charge in [0.25, 0.3) is 0 Å². The van der Waals surface area contributed by atoms with Crippen LogP contribution in [0.2, 0.25) is 0 Å². The van der Waals surface area contributed by atoms with Crippen molar-refractivity contribution < 1.29 is 9.50 Å². The SMILES string of the molecule is OC1(Cc2ccccc2F)CCN2CCCC21. The zero-order valence-corrected chi connectivity index (χ0v) is 9.90. The van der Waals surface area contributed by atoms with E-state index in [1.54, 1.807) is 12.1 Å². The first-order valence-electron chi connectivity index (χ1n) is 6.39. The van der Waals surface area contributed by atoms with Crippen LogP contribution in [0.4, 0.5) is 4.39 Å². The highest BCUT2D eigenvalue weighted by Gasteiger charge is 2.47. The fourth-order valence-corrected chi connectivity index (χ4v) is 3.38. The highest BCUT2D eigenvalue weighted by Crippen LogP contribution is 2.38. The molecule has 2 unspecified atom stereocenters. The zero-order valence-electron chi connectivity index (χ0n) is 9.90. The van der Waals surface area contributed by atoms with E-state index in [0.29, 0.717) is 12.0 Å². The van der Waals surface area contributed by atoms with Crippen molar-refractivity contribution in [1.82, 2.24) is 4.90 Å². The van der Waals surface area contributed by atoms with E-state index < -0.39 is 5.60 Å². The van der Waals surface area contributed by atoms with E-state index in [1.165, 1.54) is 6.07 Å². The Hall–Kier alpha value is -0.930. The number of rotatable bonds is 2. The molecule has 1 aromatic rings. The molecule has 1 N–H and O–H groups in total. The third-order valence-corrected chi connectivity index (χ3v) is 4.27. The van der Waals surface area contributed by atoms with Crippen molar-refractivity contribution in [3.63, 3.8) is 0 Å². The Morgan fingerprint density at radius 1 is 1.35 bits per heavy atom. The van der Waals surface area contributed by atoms with Crippen LogP contribution in [0.15, 0.2) is 24.3 Å². The van der Waals surface area contributed by atoms with E-state index in [0.717, 1.165) is 32.4 Å². The monoisotopic (exact) mass is 235 g/mol. The molecule has 0 radical (unpaired) electrons. The van der Waals surface area contributed by atoms with Gasteiger partial charge in [0.2, 0.25) is 0 Å². The summed E-state index contributed by atoms with van der Waals surface area (Å²) < 4.78 is 13.6. The topological polar surface area (TPSA) is 23.5 Å². The lowest BCUT2D eigenvalue weighted by Crippen LogP contribution is -2.43. The standard InChI is InChI=1S/C14H18FNO/c15-12-5-2-1-4-11(12)10-14(17)7-9-16-8-3-6-13(14)16/h1-2,4-5,13,17H,3,6-10H2. The van der Waals surface area contributed by atoms with Gasteiger partial charge in [-0.25, -0.2) is 4.39 Å². The van der Waals surface area contributed by atoms with Crippen molar-refractivity contribution in [2.24, 2.45) is 0 Å². The Kier molecular flexibility index (Phi) is 2.68. The van der Waals surface area contributed by atoms with E-state index in [1.807, 2.05) is 6.07 Å². The van der Waals surface area contributed by atoms with Crippen LogP contribution in [0.25, 0.3) is 0 Å². The van der Waals surface area contributed by atoms with Crippen LogP contribution >= 0.6 is 0 Å². The first kappa shape index (κ1) is 11.2. The van der Waals surface area contributed by atoms with Crippen molar-refractivity contribution >= 4 is 0 Å².